The second-order valence-corrected chi connectivity index (χ2v) is 17.7. The minimum absolute atomic E-state index is 0.267. The van der Waals surface area contributed by atoms with Gasteiger partial charge in [-0.25, -0.2) is 0 Å². The van der Waals surface area contributed by atoms with E-state index in [1.165, 1.54) is 167 Å². The summed E-state index contributed by atoms with van der Waals surface area (Å²) >= 11 is 0. The lowest BCUT2D eigenvalue weighted by Gasteiger charge is -2.22. The van der Waals surface area contributed by atoms with Crippen molar-refractivity contribution >= 4 is 16.0 Å². The summed E-state index contributed by atoms with van der Waals surface area (Å²) in [6, 6.07) is -1.25. The Kier molecular flexibility index (Phi) is 39.6. The van der Waals surface area contributed by atoms with Crippen molar-refractivity contribution < 1.29 is 28.0 Å². The highest BCUT2D eigenvalue weighted by Crippen LogP contribution is 2.15. The van der Waals surface area contributed by atoms with Crippen molar-refractivity contribution in [3.8, 4) is 0 Å². The molecule has 0 aromatic heterocycles. The normalized spacial score (nSPS) is 14.1. The number of nitrogens with one attached hydrogen (secondary N) is 1. The zero-order chi connectivity index (χ0) is 40.5. The van der Waals surface area contributed by atoms with Crippen molar-refractivity contribution in [1.29, 1.82) is 0 Å². The lowest BCUT2D eigenvalue weighted by atomic mass is 10.0. The summed E-state index contributed by atoms with van der Waals surface area (Å²) < 4.78 is 32.6. The predicted molar refractivity (Wildman–Crippen MR) is 236 cm³/mol. The highest BCUT2D eigenvalue weighted by Gasteiger charge is 2.27. The molecule has 3 atom stereocenters. The van der Waals surface area contributed by atoms with Gasteiger partial charge in [-0.15, -0.1) is 0 Å². The van der Waals surface area contributed by atoms with Crippen LogP contribution in [0.15, 0.2) is 36.5 Å². The number of amides is 1. The van der Waals surface area contributed by atoms with Gasteiger partial charge in [0.25, 0.3) is 10.1 Å². The second kappa shape index (κ2) is 40.7. The quantitative estimate of drug-likeness (QED) is 0.0277. The smallest absolute Gasteiger partial charge is 0.267 e. The molecule has 0 aromatic carbocycles. The van der Waals surface area contributed by atoms with Gasteiger partial charge in [0, 0.05) is 0 Å². The van der Waals surface area contributed by atoms with Gasteiger partial charge in [0.1, 0.15) is 6.10 Å². The van der Waals surface area contributed by atoms with Gasteiger partial charge in [0.05, 0.1) is 17.9 Å². The molecule has 0 aliphatic carbocycles. The maximum absolute atomic E-state index is 12.6. The zero-order valence-electron chi connectivity index (χ0n) is 35.9. The van der Waals surface area contributed by atoms with Crippen LogP contribution in [0.1, 0.15) is 232 Å². The topological polar surface area (TPSA) is 124 Å². The van der Waals surface area contributed by atoms with Crippen LogP contribution in [-0.2, 0) is 14.9 Å². The van der Waals surface area contributed by atoms with E-state index in [0.29, 0.717) is 12.8 Å². The average Bonchev–Trinajstić information content (AvgIpc) is 3.15. The molecule has 0 saturated carbocycles. The van der Waals surface area contributed by atoms with Gasteiger partial charge in [-0.1, -0.05) is 211 Å². The van der Waals surface area contributed by atoms with Crippen LogP contribution in [0.3, 0.4) is 0 Å². The first-order chi connectivity index (χ1) is 26.7. The van der Waals surface area contributed by atoms with Gasteiger partial charge < -0.3 is 15.5 Å². The summed E-state index contributed by atoms with van der Waals surface area (Å²) in [6.07, 6.45) is 50.6. The molecule has 1 amide bonds. The number of hydrogen-bond acceptors (Lipinski definition) is 5. The Balaban J connectivity index is 4.01. The van der Waals surface area contributed by atoms with Crippen molar-refractivity contribution in [3.63, 3.8) is 0 Å². The summed E-state index contributed by atoms with van der Waals surface area (Å²) in [5.41, 5.74) is 0. The van der Waals surface area contributed by atoms with Crippen LogP contribution in [0.5, 0.6) is 0 Å². The molecule has 0 saturated heterocycles. The summed E-state index contributed by atoms with van der Waals surface area (Å²) in [6.45, 7) is 4.53. The number of aliphatic hydroxyl groups is 2. The first-order valence-corrected chi connectivity index (χ1v) is 24.9. The Morgan fingerprint density at radius 3 is 1.20 bits per heavy atom. The predicted octanol–water partition coefficient (Wildman–Crippen LogP) is 13.1. The number of allylic oxidation sites excluding steroid dienone is 5. The molecule has 0 fully saturated rings. The van der Waals surface area contributed by atoms with Gasteiger partial charge in [-0.3, -0.25) is 9.35 Å². The van der Waals surface area contributed by atoms with E-state index in [0.717, 1.165) is 38.5 Å². The molecule has 3 unspecified atom stereocenters. The van der Waals surface area contributed by atoms with E-state index in [9.17, 15) is 28.0 Å². The lowest BCUT2D eigenvalue weighted by Crippen LogP contribution is -2.50. The van der Waals surface area contributed by atoms with Crippen molar-refractivity contribution in [3.05, 3.63) is 36.5 Å². The third-order valence-electron chi connectivity index (χ3n) is 10.6. The minimum atomic E-state index is -4.46. The highest BCUT2D eigenvalue weighted by molar-refractivity contribution is 7.85. The standard InChI is InChI=1S/C47H89NO6S/c1-3-5-7-9-11-13-15-17-19-21-23-24-26-27-29-31-33-35-37-39-41-45(49)44(43-55(52,53)54)48-47(51)46(50)42-40-38-36-34-32-30-28-25-22-20-18-16-14-12-10-8-6-4-2/h22,25,31,33,39,41,44-46,49-50H,3-21,23-24,26-30,32,34-38,40,42-43H2,1-2H3,(H,48,51)(H,52,53,54)/b25-22-,33-31+,41-39+. The summed E-state index contributed by atoms with van der Waals surface area (Å²) in [7, 11) is -4.46. The molecule has 8 heteroatoms. The molecule has 0 spiro atoms. The number of hydrogen-bond donors (Lipinski definition) is 4. The molecule has 55 heavy (non-hydrogen) atoms. The van der Waals surface area contributed by atoms with E-state index in [4.69, 9.17) is 0 Å². The Labute approximate surface area is 340 Å². The largest absolute Gasteiger partial charge is 0.387 e. The fourth-order valence-electron chi connectivity index (χ4n) is 7.06. The molecule has 324 valence electrons. The minimum Gasteiger partial charge on any atom is -0.387 e. The Morgan fingerprint density at radius 2 is 0.818 bits per heavy atom. The van der Waals surface area contributed by atoms with Gasteiger partial charge in [0.2, 0.25) is 5.91 Å². The highest BCUT2D eigenvalue weighted by atomic mass is 32.2. The third kappa shape index (κ3) is 40.5. The Morgan fingerprint density at radius 1 is 0.491 bits per heavy atom. The Bertz CT molecular complexity index is 1030. The molecule has 7 nitrogen and oxygen atoms in total. The van der Waals surface area contributed by atoms with E-state index in [-0.39, 0.29) is 6.42 Å². The van der Waals surface area contributed by atoms with Crippen LogP contribution in [0.4, 0.5) is 0 Å². The van der Waals surface area contributed by atoms with E-state index in [1.54, 1.807) is 6.08 Å². The maximum atomic E-state index is 12.6. The van der Waals surface area contributed by atoms with Crippen LogP contribution in [-0.4, -0.2) is 53.1 Å². The van der Waals surface area contributed by atoms with Crippen molar-refractivity contribution in [2.75, 3.05) is 5.75 Å². The van der Waals surface area contributed by atoms with Crippen molar-refractivity contribution in [2.24, 2.45) is 0 Å². The molecule has 0 bridgehead atoms. The summed E-state index contributed by atoms with van der Waals surface area (Å²) in [5.74, 6) is -1.56. The second-order valence-electron chi connectivity index (χ2n) is 16.2. The first kappa shape index (κ1) is 53.5. The molecule has 0 aliphatic rings. The fourth-order valence-corrected chi connectivity index (χ4v) is 7.79. The third-order valence-corrected chi connectivity index (χ3v) is 11.4. The van der Waals surface area contributed by atoms with Crippen LogP contribution >= 0.6 is 0 Å². The van der Waals surface area contributed by atoms with Gasteiger partial charge in [-0.05, 0) is 57.8 Å². The molecule has 0 aromatic rings. The molecule has 4 N–H and O–H groups in total. The van der Waals surface area contributed by atoms with E-state index in [1.807, 2.05) is 0 Å². The molecule has 0 aliphatic heterocycles. The summed E-state index contributed by atoms with van der Waals surface area (Å²) in [5, 5.41) is 23.5. The number of aliphatic hydroxyl groups excluding tert-OH is 2. The summed E-state index contributed by atoms with van der Waals surface area (Å²) in [4.78, 5) is 12.6. The Hall–Kier alpha value is -1.48. The molecule has 0 heterocycles. The SMILES string of the molecule is CCCCCCCCCC/C=C\CCCCCCCCC(O)C(=O)NC(CS(=O)(=O)O)C(O)/C=C/CC/C=C/CCCCCCCCCCCCCCCC. The molecular weight excluding hydrogens is 707 g/mol. The van der Waals surface area contributed by atoms with E-state index < -0.39 is 40.0 Å². The maximum Gasteiger partial charge on any atom is 0.267 e. The molecule has 0 radical (unpaired) electrons. The number of unbranched alkanes of at least 4 members (excludes halogenated alkanes) is 29. The van der Waals surface area contributed by atoms with E-state index in [2.05, 4.69) is 43.5 Å². The number of carbonyl (C=O) groups is 1. The number of rotatable bonds is 42. The van der Waals surface area contributed by atoms with Crippen LogP contribution < -0.4 is 5.32 Å². The van der Waals surface area contributed by atoms with Gasteiger partial charge in [-0.2, -0.15) is 8.42 Å². The number of carbonyl (C=O) groups excluding carboxylic acids is 1. The first-order valence-electron chi connectivity index (χ1n) is 23.3. The average molecular weight is 796 g/mol. The van der Waals surface area contributed by atoms with Gasteiger partial charge in [0.15, 0.2) is 0 Å². The molecular formula is C47H89NO6S. The molecule has 0 rings (SSSR count). The zero-order valence-corrected chi connectivity index (χ0v) is 36.7. The van der Waals surface area contributed by atoms with Crippen LogP contribution in [0.25, 0.3) is 0 Å². The van der Waals surface area contributed by atoms with E-state index >= 15 is 0 Å². The van der Waals surface area contributed by atoms with Crippen LogP contribution in [0.2, 0.25) is 0 Å². The lowest BCUT2D eigenvalue weighted by molar-refractivity contribution is -0.130. The monoisotopic (exact) mass is 796 g/mol. The fraction of sp³-hybridized carbons (Fsp3) is 0.851. The van der Waals surface area contributed by atoms with Crippen molar-refractivity contribution in [1.82, 2.24) is 5.32 Å². The van der Waals surface area contributed by atoms with Gasteiger partial charge >= 0.3 is 0 Å². The van der Waals surface area contributed by atoms with Crippen molar-refractivity contribution in [2.45, 2.75) is 250 Å². The van der Waals surface area contributed by atoms with Crippen LogP contribution in [0, 0.1) is 0 Å².